The maximum atomic E-state index is 11.9. The zero-order valence-electron chi connectivity index (χ0n) is 10.4. The fourth-order valence-corrected chi connectivity index (χ4v) is 3.74. The molecule has 16 heavy (non-hydrogen) atoms. The minimum Gasteiger partial charge on any atom is -0.469 e. The molecule has 2 atom stereocenters. The number of ether oxygens (including phenoxy) is 1. The van der Waals surface area contributed by atoms with E-state index in [1.54, 1.807) is 0 Å². The maximum absolute atomic E-state index is 11.9. The Morgan fingerprint density at radius 3 is 2.56 bits per heavy atom. The van der Waals surface area contributed by atoms with Crippen molar-refractivity contribution in [2.75, 3.05) is 7.11 Å². The average molecular weight is 222 g/mol. The van der Waals surface area contributed by atoms with Crippen LogP contribution in [0.5, 0.6) is 0 Å². The summed E-state index contributed by atoms with van der Waals surface area (Å²) >= 11 is 0. The van der Waals surface area contributed by atoms with Crippen molar-refractivity contribution in [3.63, 3.8) is 0 Å². The molecule has 0 bridgehead atoms. The van der Waals surface area contributed by atoms with Gasteiger partial charge >= 0.3 is 5.97 Å². The molecule has 2 aliphatic carbocycles. The Balaban J connectivity index is 2.20. The molecular weight excluding hydrogens is 200 g/mol. The van der Waals surface area contributed by atoms with Gasteiger partial charge in [0.15, 0.2) is 0 Å². The number of hydrogen-bond donors (Lipinski definition) is 0. The molecule has 0 unspecified atom stereocenters. The SMILES string of the molecule is C=C1CCC2(CC1)[C@H](C)CC[C@@H]2C(=O)OC. The summed E-state index contributed by atoms with van der Waals surface area (Å²) in [5.41, 5.74) is 1.57. The van der Waals surface area contributed by atoms with Gasteiger partial charge in [0.1, 0.15) is 0 Å². The third-order valence-corrected chi connectivity index (χ3v) is 4.94. The standard InChI is InChI=1S/C14H22O2/c1-10-6-8-14(9-7-10)11(2)4-5-12(14)13(15)16-3/h11-12H,1,4-9H2,2-3H3/t11-,12-/m1/s1. The first-order valence-electron chi connectivity index (χ1n) is 6.34. The van der Waals surface area contributed by atoms with Crippen molar-refractivity contribution in [2.45, 2.75) is 45.4 Å². The van der Waals surface area contributed by atoms with Crippen molar-refractivity contribution < 1.29 is 9.53 Å². The quantitative estimate of drug-likeness (QED) is 0.502. The molecule has 90 valence electrons. The van der Waals surface area contributed by atoms with Crippen LogP contribution in [0.25, 0.3) is 0 Å². The Labute approximate surface area is 98.1 Å². The Hall–Kier alpha value is -0.790. The fraction of sp³-hybridized carbons (Fsp3) is 0.786. The van der Waals surface area contributed by atoms with Crippen molar-refractivity contribution in [3.8, 4) is 0 Å². The van der Waals surface area contributed by atoms with E-state index in [0.717, 1.165) is 32.1 Å². The first-order chi connectivity index (χ1) is 7.60. The highest BCUT2D eigenvalue weighted by Crippen LogP contribution is 2.57. The minimum atomic E-state index is 0.0110. The van der Waals surface area contributed by atoms with E-state index in [4.69, 9.17) is 4.74 Å². The summed E-state index contributed by atoms with van der Waals surface area (Å²) in [6, 6.07) is 0. The molecule has 0 aliphatic heterocycles. The largest absolute Gasteiger partial charge is 0.469 e. The summed E-state index contributed by atoms with van der Waals surface area (Å²) in [6.07, 6.45) is 6.64. The zero-order valence-corrected chi connectivity index (χ0v) is 10.4. The molecule has 2 saturated carbocycles. The predicted molar refractivity (Wildman–Crippen MR) is 63.9 cm³/mol. The third kappa shape index (κ3) is 1.68. The highest BCUT2D eigenvalue weighted by Gasteiger charge is 2.52. The van der Waals surface area contributed by atoms with Crippen molar-refractivity contribution in [2.24, 2.45) is 17.3 Å². The topological polar surface area (TPSA) is 26.3 Å². The number of methoxy groups -OCH3 is 1. The lowest BCUT2D eigenvalue weighted by atomic mass is 9.63. The molecule has 0 heterocycles. The van der Waals surface area contributed by atoms with Crippen LogP contribution in [0.1, 0.15) is 45.4 Å². The Morgan fingerprint density at radius 1 is 1.38 bits per heavy atom. The molecule has 2 nitrogen and oxygen atoms in total. The average Bonchev–Trinajstić information content (AvgIpc) is 2.60. The second-order valence-electron chi connectivity index (χ2n) is 5.54. The predicted octanol–water partition coefficient (Wildman–Crippen LogP) is 3.32. The van der Waals surface area contributed by atoms with E-state index in [1.807, 2.05) is 0 Å². The summed E-state index contributed by atoms with van der Waals surface area (Å²) in [5, 5.41) is 0. The van der Waals surface area contributed by atoms with Crippen LogP contribution in [0, 0.1) is 17.3 Å². The van der Waals surface area contributed by atoms with Gasteiger partial charge in [0, 0.05) is 0 Å². The van der Waals surface area contributed by atoms with Crippen LogP contribution >= 0.6 is 0 Å². The van der Waals surface area contributed by atoms with Gasteiger partial charge in [-0.05, 0) is 49.9 Å². The molecule has 0 aromatic carbocycles. The van der Waals surface area contributed by atoms with E-state index in [0.29, 0.717) is 5.92 Å². The van der Waals surface area contributed by atoms with Gasteiger partial charge < -0.3 is 4.74 Å². The lowest BCUT2D eigenvalue weighted by Gasteiger charge is -2.41. The summed E-state index contributed by atoms with van der Waals surface area (Å²) in [6.45, 7) is 6.37. The Bertz CT molecular complexity index is 296. The van der Waals surface area contributed by atoms with Gasteiger partial charge in [0.25, 0.3) is 0 Å². The van der Waals surface area contributed by atoms with Crippen LogP contribution in [0.4, 0.5) is 0 Å². The van der Waals surface area contributed by atoms with Gasteiger partial charge in [-0.2, -0.15) is 0 Å². The Morgan fingerprint density at radius 2 is 2.00 bits per heavy atom. The van der Waals surface area contributed by atoms with E-state index in [2.05, 4.69) is 13.5 Å². The molecule has 0 radical (unpaired) electrons. The molecule has 1 spiro atoms. The van der Waals surface area contributed by atoms with Crippen LogP contribution < -0.4 is 0 Å². The first kappa shape index (κ1) is 11.7. The van der Waals surface area contributed by atoms with Crippen LogP contribution in [0.2, 0.25) is 0 Å². The van der Waals surface area contributed by atoms with Gasteiger partial charge in [0.2, 0.25) is 0 Å². The first-order valence-corrected chi connectivity index (χ1v) is 6.34. The summed E-state index contributed by atoms with van der Waals surface area (Å²) < 4.78 is 4.98. The number of carbonyl (C=O) groups is 1. The number of carbonyl (C=O) groups excluding carboxylic acids is 1. The zero-order chi connectivity index (χ0) is 11.8. The normalized spacial score (nSPS) is 33.0. The molecule has 2 aliphatic rings. The minimum absolute atomic E-state index is 0.0110. The van der Waals surface area contributed by atoms with Gasteiger partial charge in [-0.25, -0.2) is 0 Å². The highest BCUT2D eigenvalue weighted by molar-refractivity contribution is 5.74. The van der Waals surface area contributed by atoms with Gasteiger partial charge in [-0.1, -0.05) is 19.1 Å². The molecule has 2 fully saturated rings. The monoisotopic (exact) mass is 222 g/mol. The number of allylic oxidation sites excluding steroid dienone is 1. The van der Waals surface area contributed by atoms with Gasteiger partial charge in [0.05, 0.1) is 13.0 Å². The molecule has 0 saturated heterocycles. The van der Waals surface area contributed by atoms with E-state index in [9.17, 15) is 4.79 Å². The highest BCUT2D eigenvalue weighted by atomic mass is 16.5. The van der Waals surface area contributed by atoms with Crippen LogP contribution in [0.3, 0.4) is 0 Å². The third-order valence-electron chi connectivity index (χ3n) is 4.94. The van der Waals surface area contributed by atoms with E-state index >= 15 is 0 Å². The van der Waals surface area contributed by atoms with Crippen LogP contribution in [-0.2, 0) is 9.53 Å². The van der Waals surface area contributed by atoms with Crippen LogP contribution in [0.15, 0.2) is 12.2 Å². The van der Waals surface area contributed by atoms with Crippen molar-refractivity contribution in [1.82, 2.24) is 0 Å². The van der Waals surface area contributed by atoms with Crippen molar-refractivity contribution in [3.05, 3.63) is 12.2 Å². The molecule has 2 rings (SSSR count). The molecule has 0 aromatic heterocycles. The van der Waals surface area contributed by atoms with Gasteiger partial charge in [-0.15, -0.1) is 0 Å². The summed E-state index contributed by atoms with van der Waals surface area (Å²) in [5.74, 6) is 0.808. The second-order valence-corrected chi connectivity index (χ2v) is 5.54. The second kappa shape index (κ2) is 4.23. The number of rotatable bonds is 1. The fourth-order valence-electron chi connectivity index (χ4n) is 3.74. The van der Waals surface area contributed by atoms with E-state index in [-0.39, 0.29) is 17.3 Å². The maximum Gasteiger partial charge on any atom is 0.309 e. The number of esters is 1. The Kier molecular flexibility index (Phi) is 3.09. The molecule has 0 amide bonds. The summed E-state index contributed by atoms with van der Waals surface area (Å²) in [7, 11) is 1.51. The lowest BCUT2D eigenvalue weighted by Crippen LogP contribution is -2.38. The van der Waals surface area contributed by atoms with Crippen molar-refractivity contribution >= 4 is 5.97 Å². The molecule has 0 aromatic rings. The lowest BCUT2D eigenvalue weighted by molar-refractivity contribution is -0.150. The van der Waals surface area contributed by atoms with Crippen LogP contribution in [-0.4, -0.2) is 13.1 Å². The smallest absolute Gasteiger partial charge is 0.309 e. The van der Waals surface area contributed by atoms with E-state index < -0.39 is 0 Å². The molecule has 2 heteroatoms. The van der Waals surface area contributed by atoms with E-state index in [1.165, 1.54) is 19.1 Å². The molecule has 0 N–H and O–H groups in total. The molecular formula is C14H22O2. The number of hydrogen-bond acceptors (Lipinski definition) is 2. The summed E-state index contributed by atoms with van der Waals surface area (Å²) in [4.78, 5) is 11.9. The van der Waals surface area contributed by atoms with Crippen molar-refractivity contribution in [1.29, 1.82) is 0 Å². The van der Waals surface area contributed by atoms with Gasteiger partial charge in [-0.3, -0.25) is 4.79 Å².